The largest absolute Gasteiger partial charge is 0.335 e. The Morgan fingerprint density at radius 2 is 1.72 bits per heavy atom. The van der Waals surface area contributed by atoms with E-state index in [1.54, 1.807) is 0 Å². The Labute approximate surface area is 268 Å². The molecule has 0 unspecified atom stereocenters. The van der Waals surface area contributed by atoms with E-state index in [0.29, 0.717) is 45.6 Å². The van der Waals surface area contributed by atoms with E-state index >= 15 is 0 Å². The molecule has 1 aliphatic rings. The number of rotatable bonds is 9. The van der Waals surface area contributed by atoms with Gasteiger partial charge in [-0.05, 0) is 35.9 Å². The number of halogens is 2. The maximum Gasteiger partial charge on any atom is 0.273 e. The fourth-order valence-electron chi connectivity index (χ4n) is 4.83. The van der Waals surface area contributed by atoms with Crippen molar-refractivity contribution in [2.75, 3.05) is 32.7 Å². The number of piperazine rings is 1. The molecule has 43 heavy (non-hydrogen) atoms. The molecule has 0 aliphatic carbocycles. The second-order valence-electron chi connectivity index (χ2n) is 9.92. The molecular weight excluding hydrogens is 619 g/mol. The van der Waals surface area contributed by atoms with Gasteiger partial charge in [-0.25, -0.2) is 4.98 Å². The minimum absolute atomic E-state index is 0.0184. The molecule has 11 heteroatoms. The maximum atomic E-state index is 13.2. The summed E-state index contributed by atoms with van der Waals surface area (Å²) in [7, 11) is 0. The molecule has 0 radical (unpaired) electrons. The lowest BCUT2D eigenvalue weighted by atomic mass is 10.2. The number of aromatic nitrogens is 4. The van der Waals surface area contributed by atoms with Crippen LogP contribution in [0.15, 0.2) is 95.5 Å². The summed E-state index contributed by atoms with van der Waals surface area (Å²) in [5.41, 5.74) is 3.29. The summed E-state index contributed by atoms with van der Waals surface area (Å²) < 4.78 is 1.95. The average Bonchev–Trinajstić information content (AvgIpc) is 3.68. The molecule has 1 fully saturated rings. The van der Waals surface area contributed by atoms with E-state index in [0.717, 1.165) is 35.9 Å². The lowest BCUT2D eigenvalue weighted by Crippen LogP contribution is -2.48. The summed E-state index contributed by atoms with van der Waals surface area (Å²) in [6.07, 6.45) is 4.32. The first kappa shape index (κ1) is 29.6. The highest BCUT2D eigenvalue weighted by Gasteiger charge is 2.24. The minimum atomic E-state index is -0.0184. The van der Waals surface area contributed by atoms with Crippen molar-refractivity contribution < 1.29 is 4.79 Å². The zero-order chi connectivity index (χ0) is 29.6. The molecule has 0 bridgehead atoms. The smallest absolute Gasteiger partial charge is 0.273 e. The lowest BCUT2D eigenvalue weighted by molar-refractivity contribution is 0.0645. The van der Waals surface area contributed by atoms with Crippen LogP contribution in [0.4, 0.5) is 0 Å². The summed E-state index contributed by atoms with van der Waals surface area (Å²) in [6.45, 7) is 3.92. The van der Waals surface area contributed by atoms with Gasteiger partial charge in [0.15, 0.2) is 11.0 Å². The number of hydrogen-bond donors (Lipinski definition) is 0. The van der Waals surface area contributed by atoms with Crippen LogP contribution in [0, 0.1) is 0 Å². The standard InChI is InChI=1S/C32H28Cl2N6OS2/c33-24-11-6-12-25(20-24)40-30(26-13-4-5-14-27(26)34)36-37-32(40)43-22-29-35-28(21-42-29)31(41)39-18-16-38(17-19-39)15-7-10-23-8-2-1-3-9-23/h1-14,20-21H,15-19,22H2/b10-7+. The highest BCUT2D eigenvalue weighted by atomic mass is 35.5. The van der Waals surface area contributed by atoms with Gasteiger partial charge in [0, 0.05) is 48.7 Å². The molecule has 1 saturated heterocycles. The van der Waals surface area contributed by atoms with Crippen molar-refractivity contribution in [2.45, 2.75) is 10.9 Å². The molecule has 0 spiro atoms. The molecule has 1 aliphatic heterocycles. The van der Waals surface area contributed by atoms with Gasteiger partial charge in [-0.3, -0.25) is 14.3 Å². The number of carbonyl (C=O) groups is 1. The Morgan fingerprint density at radius 3 is 2.51 bits per heavy atom. The second-order valence-corrected chi connectivity index (χ2v) is 12.7. The van der Waals surface area contributed by atoms with E-state index in [1.165, 1.54) is 28.7 Å². The Bertz CT molecular complexity index is 1730. The molecule has 5 aromatic rings. The Kier molecular flexibility index (Phi) is 9.55. The molecule has 1 amide bonds. The van der Waals surface area contributed by atoms with Gasteiger partial charge in [0.05, 0.1) is 16.5 Å². The molecular formula is C32H28Cl2N6OS2. The third-order valence-electron chi connectivity index (χ3n) is 7.04. The van der Waals surface area contributed by atoms with Crippen LogP contribution in [0.2, 0.25) is 10.0 Å². The quantitative estimate of drug-likeness (QED) is 0.155. The maximum absolute atomic E-state index is 13.2. The third kappa shape index (κ3) is 7.20. The van der Waals surface area contributed by atoms with Gasteiger partial charge in [0.25, 0.3) is 5.91 Å². The van der Waals surface area contributed by atoms with Crippen molar-refractivity contribution in [3.05, 3.63) is 117 Å². The fourth-order valence-corrected chi connectivity index (χ4v) is 6.97. The summed E-state index contributed by atoms with van der Waals surface area (Å²) in [6, 6.07) is 25.4. The molecule has 6 rings (SSSR count). The number of hydrogen-bond acceptors (Lipinski definition) is 7. The summed E-state index contributed by atoms with van der Waals surface area (Å²) in [4.78, 5) is 22.2. The number of amides is 1. The minimum Gasteiger partial charge on any atom is -0.335 e. The normalized spacial score (nSPS) is 14.0. The van der Waals surface area contributed by atoms with Crippen LogP contribution < -0.4 is 0 Å². The predicted molar refractivity (Wildman–Crippen MR) is 176 cm³/mol. The second kappa shape index (κ2) is 13.9. The first-order chi connectivity index (χ1) is 21.0. The van der Waals surface area contributed by atoms with E-state index in [4.69, 9.17) is 23.2 Å². The van der Waals surface area contributed by atoms with E-state index < -0.39 is 0 Å². The van der Waals surface area contributed by atoms with Crippen molar-refractivity contribution in [1.29, 1.82) is 0 Å². The van der Waals surface area contributed by atoms with Crippen LogP contribution in [0.5, 0.6) is 0 Å². The zero-order valence-electron chi connectivity index (χ0n) is 23.1. The van der Waals surface area contributed by atoms with Gasteiger partial charge in [0.2, 0.25) is 0 Å². The number of nitrogens with zero attached hydrogens (tertiary/aromatic N) is 6. The van der Waals surface area contributed by atoms with E-state index in [1.807, 2.05) is 81.6 Å². The summed E-state index contributed by atoms with van der Waals surface area (Å²) >= 11 is 15.8. The van der Waals surface area contributed by atoms with Crippen LogP contribution in [0.1, 0.15) is 21.1 Å². The molecule has 2 aromatic heterocycles. The van der Waals surface area contributed by atoms with Gasteiger partial charge >= 0.3 is 0 Å². The Balaban J connectivity index is 1.09. The van der Waals surface area contributed by atoms with Crippen molar-refractivity contribution in [1.82, 2.24) is 29.5 Å². The van der Waals surface area contributed by atoms with Crippen molar-refractivity contribution in [2.24, 2.45) is 0 Å². The van der Waals surface area contributed by atoms with Crippen LogP contribution in [0.3, 0.4) is 0 Å². The molecule has 7 nitrogen and oxygen atoms in total. The highest BCUT2D eigenvalue weighted by molar-refractivity contribution is 7.98. The Hall–Kier alpha value is -3.47. The summed E-state index contributed by atoms with van der Waals surface area (Å²) in [5.74, 6) is 1.15. The first-order valence-electron chi connectivity index (χ1n) is 13.8. The van der Waals surface area contributed by atoms with Crippen molar-refractivity contribution >= 4 is 58.3 Å². The third-order valence-corrected chi connectivity index (χ3v) is 9.58. The predicted octanol–water partition coefficient (Wildman–Crippen LogP) is 7.46. The Morgan fingerprint density at radius 1 is 0.930 bits per heavy atom. The van der Waals surface area contributed by atoms with Gasteiger partial charge in [-0.2, -0.15) is 0 Å². The average molecular weight is 648 g/mol. The number of thioether (sulfide) groups is 1. The summed E-state index contributed by atoms with van der Waals surface area (Å²) in [5, 5.41) is 13.5. The van der Waals surface area contributed by atoms with E-state index in [2.05, 4.69) is 44.4 Å². The van der Waals surface area contributed by atoms with Crippen molar-refractivity contribution in [3.63, 3.8) is 0 Å². The number of benzene rings is 3. The van der Waals surface area contributed by atoms with Gasteiger partial charge < -0.3 is 4.90 Å². The molecule has 0 saturated carbocycles. The SMILES string of the molecule is O=C(c1csc(CSc2nnc(-c3ccccc3Cl)n2-c2cccc(Cl)c2)n1)N1CCN(C/C=C/c2ccccc2)CC1. The monoisotopic (exact) mass is 646 g/mol. The van der Waals surface area contributed by atoms with Crippen LogP contribution in [-0.4, -0.2) is 68.2 Å². The molecule has 0 atom stereocenters. The highest BCUT2D eigenvalue weighted by Crippen LogP contribution is 2.34. The molecule has 218 valence electrons. The fraction of sp³-hybridized carbons (Fsp3) is 0.188. The van der Waals surface area contributed by atoms with Gasteiger partial charge in [0.1, 0.15) is 10.7 Å². The zero-order valence-corrected chi connectivity index (χ0v) is 26.3. The topological polar surface area (TPSA) is 67.2 Å². The first-order valence-corrected chi connectivity index (χ1v) is 16.4. The van der Waals surface area contributed by atoms with Crippen LogP contribution in [0.25, 0.3) is 23.2 Å². The molecule has 3 heterocycles. The number of thiazole rings is 1. The van der Waals surface area contributed by atoms with Crippen molar-refractivity contribution in [3.8, 4) is 17.1 Å². The van der Waals surface area contributed by atoms with E-state index in [9.17, 15) is 4.79 Å². The molecule has 0 N–H and O–H groups in total. The van der Waals surface area contributed by atoms with Crippen LogP contribution >= 0.6 is 46.3 Å². The van der Waals surface area contributed by atoms with E-state index in [-0.39, 0.29) is 5.91 Å². The number of carbonyl (C=O) groups excluding carboxylic acids is 1. The van der Waals surface area contributed by atoms with Gasteiger partial charge in [-0.1, -0.05) is 95.6 Å². The molecule has 3 aromatic carbocycles. The van der Waals surface area contributed by atoms with Gasteiger partial charge in [-0.15, -0.1) is 21.5 Å². The van der Waals surface area contributed by atoms with Crippen LogP contribution in [-0.2, 0) is 5.75 Å². The lowest BCUT2D eigenvalue weighted by Gasteiger charge is -2.33.